The number of nitrogens with zero attached hydrogens (tertiary/aromatic N) is 5. The summed E-state index contributed by atoms with van der Waals surface area (Å²) >= 11 is 1.70. The van der Waals surface area contributed by atoms with Gasteiger partial charge < -0.3 is 4.52 Å². The lowest BCUT2D eigenvalue weighted by Crippen LogP contribution is -2.12. The number of allylic oxidation sites excluding steroid dienone is 1. The average molecular weight is 511 g/mol. The lowest BCUT2D eigenvalue weighted by Gasteiger charge is -2.14. The predicted octanol–water partition coefficient (Wildman–Crippen LogP) is 6.25. The molecule has 0 radical (unpaired) electrons. The summed E-state index contributed by atoms with van der Waals surface area (Å²) in [6.07, 6.45) is -6.77. The average Bonchev–Trinajstić information content (AvgIpc) is 3.51. The van der Waals surface area contributed by atoms with Crippen molar-refractivity contribution in [2.45, 2.75) is 31.7 Å². The molecule has 5 rings (SSSR count). The van der Waals surface area contributed by atoms with Crippen molar-refractivity contribution in [3.63, 3.8) is 0 Å². The summed E-state index contributed by atoms with van der Waals surface area (Å²) in [7, 11) is 0. The fourth-order valence-corrected chi connectivity index (χ4v) is 4.87. The molecule has 3 aliphatic rings. The number of rotatable bonds is 4. The largest absolute Gasteiger partial charge is 0.417 e. The SMILES string of the molecule is CC1=CSCC1c1nc2cnn(Cc3cc(-c4ccc(C(F)(F)F)cc4C(F)(F)F)no3)cc-2n1. The quantitative estimate of drug-likeness (QED) is 0.302. The van der Waals surface area contributed by atoms with Gasteiger partial charge in [-0.1, -0.05) is 16.8 Å². The van der Waals surface area contributed by atoms with E-state index in [-0.39, 0.29) is 30.0 Å². The summed E-state index contributed by atoms with van der Waals surface area (Å²) in [5, 5.41) is 9.96. The van der Waals surface area contributed by atoms with Crippen molar-refractivity contribution < 1.29 is 30.9 Å². The molecule has 0 bridgehead atoms. The number of halogens is 6. The third-order valence-corrected chi connectivity index (χ3v) is 6.59. The molecule has 0 saturated heterocycles. The van der Waals surface area contributed by atoms with Crippen molar-refractivity contribution in [3.05, 3.63) is 70.4 Å². The van der Waals surface area contributed by atoms with E-state index in [4.69, 9.17) is 4.52 Å². The second-order valence-corrected chi connectivity index (χ2v) is 8.91. The van der Waals surface area contributed by atoms with Gasteiger partial charge in [-0.15, -0.1) is 11.8 Å². The molecule has 3 aliphatic heterocycles. The van der Waals surface area contributed by atoms with Crippen molar-refractivity contribution in [2.24, 2.45) is 0 Å². The van der Waals surface area contributed by atoms with Crippen LogP contribution in [0.2, 0.25) is 0 Å². The van der Waals surface area contributed by atoms with Gasteiger partial charge in [0.25, 0.3) is 0 Å². The summed E-state index contributed by atoms with van der Waals surface area (Å²) < 4.78 is 85.9. The van der Waals surface area contributed by atoms with Crippen molar-refractivity contribution in [3.8, 4) is 22.6 Å². The third kappa shape index (κ3) is 4.64. The fraction of sp³-hybridized carbons (Fsp3) is 0.273. The molecule has 1 unspecified atom stereocenters. The van der Waals surface area contributed by atoms with Crippen molar-refractivity contribution in [2.75, 3.05) is 5.75 Å². The number of thioether (sulfide) groups is 1. The maximum absolute atomic E-state index is 13.5. The van der Waals surface area contributed by atoms with Gasteiger partial charge in [0, 0.05) is 23.3 Å². The molecule has 182 valence electrons. The van der Waals surface area contributed by atoms with E-state index in [0.29, 0.717) is 23.3 Å². The molecule has 1 atom stereocenters. The van der Waals surface area contributed by atoms with Crippen molar-refractivity contribution >= 4 is 11.8 Å². The highest BCUT2D eigenvalue weighted by Gasteiger charge is 2.39. The molecule has 6 nitrogen and oxygen atoms in total. The molecular weight excluding hydrogens is 496 g/mol. The molecule has 1 aromatic carbocycles. The van der Waals surface area contributed by atoms with Gasteiger partial charge in [0.1, 0.15) is 29.5 Å². The number of aromatic nitrogens is 5. The van der Waals surface area contributed by atoms with Crippen LogP contribution in [-0.4, -0.2) is 30.7 Å². The number of alkyl halides is 6. The first-order valence-electron chi connectivity index (χ1n) is 10.2. The highest BCUT2D eigenvalue weighted by atomic mass is 32.2. The molecule has 35 heavy (non-hydrogen) atoms. The van der Waals surface area contributed by atoms with Gasteiger partial charge in [-0.2, -0.15) is 31.4 Å². The minimum Gasteiger partial charge on any atom is -0.359 e. The molecule has 0 N–H and O–H groups in total. The Kier molecular flexibility index (Phi) is 5.61. The van der Waals surface area contributed by atoms with Gasteiger partial charge in [-0.3, -0.25) is 4.68 Å². The Balaban J connectivity index is 1.42. The summed E-state index contributed by atoms with van der Waals surface area (Å²) in [5.41, 5.74) is -1.21. The molecule has 0 saturated carbocycles. The van der Waals surface area contributed by atoms with Gasteiger partial charge in [-0.05, 0) is 24.5 Å². The number of benzene rings is 1. The smallest absolute Gasteiger partial charge is 0.359 e. The molecule has 0 aliphatic carbocycles. The Morgan fingerprint density at radius 2 is 1.80 bits per heavy atom. The fourth-order valence-electron chi connectivity index (χ4n) is 3.74. The lowest BCUT2D eigenvalue weighted by atomic mass is 10.0. The van der Waals surface area contributed by atoms with E-state index >= 15 is 0 Å². The molecular formula is C22H15F6N5OS. The van der Waals surface area contributed by atoms with Crippen LogP contribution in [0.25, 0.3) is 22.6 Å². The predicted molar refractivity (Wildman–Crippen MR) is 114 cm³/mol. The summed E-state index contributed by atoms with van der Waals surface area (Å²) in [5.74, 6) is 1.85. The third-order valence-electron chi connectivity index (χ3n) is 5.53. The number of hydrogen-bond donors (Lipinski definition) is 0. The number of hydrogen-bond acceptors (Lipinski definition) is 6. The van der Waals surface area contributed by atoms with E-state index in [2.05, 4.69) is 25.6 Å². The van der Waals surface area contributed by atoms with E-state index in [1.807, 2.05) is 6.92 Å². The van der Waals surface area contributed by atoms with Gasteiger partial charge in [0.2, 0.25) is 0 Å². The number of imidazole rings is 1. The van der Waals surface area contributed by atoms with E-state index in [1.165, 1.54) is 22.5 Å². The van der Waals surface area contributed by atoms with Crippen LogP contribution in [0.1, 0.15) is 35.6 Å². The Morgan fingerprint density at radius 3 is 2.49 bits per heavy atom. The van der Waals surface area contributed by atoms with Crippen LogP contribution in [-0.2, 0) is 18.9 Å². The zero-order valence-corrected chi connectivity index (χ0v) is 18.7. The van der Waals surface area contributed by atoms with Crippen LogP contribution < -0.4 is 0 Å². The summed E-state index contributed by atoms with van der Waals surface area (Å²) in [6, 6.07) is 2.63. The zero-order chi connectivity index (χ0) is 25.0. The number of fused-ring (bicyclic) bond motifs is 1. The van der Waals surface area contributed by atoms with Crippen LogP contribution in [0.5, 0.6) is 0 Å². The Morgan fingerprint density at radius 1 is 1.03 bits per heavy atom. The normalized spacial score (nSPS) is 16.8. The Bertz CT molecular complexity index is 1390. The van der Waals surface area contributed by atoms with Gasteiger partial charge in [0.15, 0.2) is 5.76 Å². The van der Waals surface area contributed by atoms with Crippen LogP contribution in [0, 0.1) is 0 Å². The minimum atomic E-state index is -5.02. The van der Waals surface area contributed by atoms with Crippen molar-refractivity contribution in [1.82, 2.24) is 24.9 Å². The van der Waals surface area contributed by atoms with Crippen LogP contribution in [0.3, 0.4) is 0 Å². The molecule has 4 heterocycles. The standard InChI is InChI=1S/C22H15F6N5OS/c1-11-9-35-10-15(11)20-30-18-6-29-33(8-19(18)31-20)7-13-5-17(32-34-13)14-3-2-12(21(23,24)25)4-16(14)22(26,27)28/h2-6,8-9,15H,7,10H2,1H3. The molecule has 13 heteroatoms. The van der Waals surface area contributed by atoms with E-state index in [0.717, 1.165) is 11.8 Å². The molecule has 0 amide bonds. The topological polar surface area (TPSA) is 69.6 Å². The molecule has 0 fully saturated rings. The minimum absolute atomic E-state index is 0.0192. The Hall–Kier alpha value is -3.35. The van der Waals surface area contributed by atoms with Gasteiger partial charge in [0.05, 0.1) is 23.5 Å². The van der Waals surface area contributed by atoms with Crippen LogP contribution >= 0.6 is 11.8 Å². The van der Waals surface area contributed by atoms with Crippen LogP contribution in [0.15, 0.2) is 52.2 Å². The first-order chi connectivity index (χ1) is 16.5. The summed E-state index contributed by atoms with van der Waals surface area (Å²) in [4.78, 5) is 9.11. The highest BCUT2D eigenvalue weighted by Crippen LogP contribution is 2.41. The zero-order valence-electron chi connectivity index (χ0n) is 17.9. The maximum Gasteiger partial charge on any atom is 0.417 e. The van der Waals surface area contributed by atoms with E-state index in [9.17, 15) is 26.3 Å². The second kappa shape index (κ2) is 8.40. The monoisotopic (exact) mass is 511 g/mol. The van der Waals surface area contributed by atoms with Gasteiger partial charge >= 0.3 is 12.4 Å². The molecule has 2 aromatic rings. The molecule has 1 aromatic heterocycles. The first kappa shape index (κ1) is 23.4. The highest BCUT2D eigenvalue weighted by molar-refractivity contribution is 8.02. The lowest BCUT2D eigenvalue weighted by molar-refractivity contribution is -0.142. The second-order valence-electron chi connectivity index (χ2n) is 8.01. The van der Waals surface area contributed by atoms with E-state index < -0.39 is 29.0 Å². The van der Waals surface area contributed by atoms with Crippen LogP contribution in [0.4, 0.5) is 26.3 Å². The maximum atomic E-state index is 13.5. The Labute approximate surface area is 198 Å². The van der Waals surface area contributed by atoms with E-state index in [1.54, 1.807) is 18.0 Å². The summed E-state index contributed by atoms with van der Waals surface area (Å²) in [6.45, 7) is 2.04. The van der Waals surface area contributed by atoms with Gasteiger partial charge in [-0.25, -0.2) is 9.97 Å². The first-order valence-corrected chi connectivity index (χ1v) is 11.3. The van der Waals surface area contributed by atoms with Crippen molar-refractivity contribution in [1.29, 1.82) is 0 Å². The molecule has 0 spiro atoms.